The van der Waals surface area contributed by atoms with Gasteiger partial charge in [0, 0.05) is 6.54 Å². The summed E-state index contributed by atoms with van der Waals surface area (Å²) in [7, 11) is 0. The molecular weight excluding hydrogens is 162 g/mol. The molecule has 0 rings (SSSR count). The summed E-state index contributed by atoms with van der Waals surface area (Å²) in [5, 5.41) is 8.54. The summed E-state index contributed by atoms with van der Waals surface area (Å²) in [5.74, 6) is -1.75. The van der Waals surface area contributed by atoms with Gasteiger partial charge in [-0.05, 0) is 0 Å². The molecule has 0 radical (unpaired) electrons. The maximum Gasteiger partial charge on any atom is 0.322 e. The molecule has 70 valence electrons. The van der Waals surface area contributed by atoms with Crippen LogP contribution in [0.15, 0.2) is 0 Å². The molecule has 1 atom stereocenters. The Kier molecular flexibility index (Phi) is 4.98. The fourth-order valence-electron chi connectivity index (χ4n) is 0.627. The molecule has 0 unspecified atom stereocenters. The molecule has 0 aromatic heterocycles. The van der Waals surface area contributed by atoms with Crippen LogP contribution in [0.3, 0.4) is 0 Å². The SMILES string of the molecule is CCNN[C@@H](CC(N)=O)C(=O)O. The minimum atomic E-state index is -1.10. The van der Waals surface area contributed by atoms with Crippen LogP contribution in [0.5, 0.6) is 0 Å². The fraction of sp³-hybridized carbons (Fsp3) is 0.667. The number of rotatable bonds is 6. The Morgan fingerprint density at radius 1 is 1.58 bits per heavy atom. The lowest BCUT2D eigenvalue weighted by atomic mass is 10.2. The van der Waals surface area contributed by atoms with Crippen molar-refractivity contribution in [3.8, 4) is 0 Å². The molecule has 0 spiro atoms. The molecule has 0 saturated carbocycles. The van der Waals surface area contributed by atoms with E-state index in [1.165, 1.54) is 0 Å². The molecule has 0 fully saturated rings. The van der Waals surface area contributed by atoms with E-state index in [0.29, 0.717) is 6.54 Å². The zero-order chi connectivity index (χ0) is 9.56. The number of aliphatic carboxylic acids is 1. The Morgan fingerprint density at radius 3 is 2.50 bits per heavy atom. The van der Waals surface area contributed by atoms with Crippen molar-refractivity contribution in [2.24, 2.45) is 5.73 Å². The van der Waals surface area contributed by atoms with E-state index in [0.717, 1.165) is 0 Å². The lowest BCUT2D eigenvalue weighted by molar-refractivity contribution is -0.141. The van der Waals surface area contributed by atoms with Gasteiger partial charge in [-0.2, -0.15) is 0 Å². The standard InChI is InChI=1S/C6H13N3O3/c1-2-8-9-4(6(11)12)3-5(7)10/h4,8-9H,2-3H2,1H3,(H2,7,10)(H,11,12)/t4-/m0/s1. The third kappa shape index (κ3) is 4.64. The highest BCUT2D eigenvalue weighted by Crippen LogP contribution is 1.88. The highest BCUT2D eigenvalue weighted by atomic mass is 16.4. The minimum absolute atomic E-state index is 0.220. The van der Waals surface area contributed by atoms with Crippen LogP contribution < -0.4 is 16.6 Å². The van der Waals surface area contributed by atoms with Gasteiger partial charge in [0.05, 0.1) is 6.42 Å². The number of carbonyl (C=O) groups excluding carboxylic acids is 1. The molecule has 0 saturated heterocycles. The summed E-state index contributed by atoms with van der Waals surface area (Å²) in [5.41, 5.74) is 9.88. The summed E-state index contributed by atoms with van der Waals surface area (Å²) in [6.45, 7) is 2.37. The first-order valence-corrected chi connectivity index (χ1v) is 3.57. The van der Waals surface area contributed by atoms with Gasteiger partial charge in [-0.3, -0.25) is 15.0 Å². The number of hydrogen-bond donors (Lipinski definition) is 4. The molecule has 0 aromatic rings. The van der Waals surface area contributed by atoms with E-state index in [-0.39, 0.29) is 6.42 Å². The average molecular weight is 175 g/mol. The molecule has 0 aromatic carbocycles. The smallest absolute Gasteiger partial charge is 0.322 e. The Balaban J connectivity index is 3.87. The molecule has 0 aliphatic carbocycles. The number of hydrogen-bond acceptors (Lipinski definition) is 4. The first kappa shape index (κ1) is 10.9. The number of carboxylic acid groups (broad SMARTS) is 1. The summed E-state index contributed by atoms with van der Waals surface area (Å²) in [6.07, 6.45) is -0.220. The zero-order valence-electron chi connectivity index (χ0n) is 6.83. The Morgan fingerprint density at radius 2 is 2.17 bits per heavy atom. The normalized spacial score (nSPS) is 12.4. The van der Waals surface area contributed by atoms with Gasteiger partial charge in [0.1, 0.15) is 6.04 Å². The summed E-state index contributed by atoms with van der Waals surface area (Å²) in [6, 6.07) is -0.956. The van der Waals surface area contributed by atoms with E-state index in [1.807, 2.05) is 0 Å². The molecule has 0 aliphatic heterocycles. The van der Waals surface area contributed by atoms with Crippen LogP contribution in [0.4, 0.5) is 0 Å². The van der Waals surface area contributed by atoms with Crippen LogP contribution >= 0.6 is 0 Å². The monoisotopic (exact) mass is 175 g/mol. The quantitative estimate of drug-likeness (QED) is 0.365. The number of primary amides is 1. The molecule has 12 heavy (non-hydrogen) atoms. The van der Waals surface area contributed by atoms with Crippen molar-refractivity contribution in [1.29, 1.82) is 0 Å². The maximum absolute atomic E-state index is 10.4. The Labute approximate surface area is 70.1 Å². The Bertz CT molecular complexity index is 171. The van der Waals surface area contributed by atoms with Gasteiger partial charge < -0.3 is 10.8 Å². The van der Waals surface area contributed by atoms with Crippen LogP contribution in [0.1, 0.15) is 13.3 Å². The van der Waals surface area contributed by atoms with Crippen molar-refractivity contribution in [3.05, 3.63) is 0 Å². The van der Waals surface area contributed by atoms with Gasteiger partial charge in [-0.1, -0.05) is 6.92 Å². The van der Waals surface area contributed by atoms with E-state index < -0.39 is 17.9 Å². The number of nitrogens with one attached hydrogen (secondary N) is 2. The van der Waals surface area contributed by atoms with E-state index in [4.69, 9.17) is 10.8 Å². The molecular formula is C6H13N3O3. The van der Waals surface area contributed by atoms with Gasteiger partial charge >= 0.3 is 5.97 Å². The topological polar surface area (TPSA) is 104 Å². The molecule has 5 N–H and O–H groups in total. The molecule has 6 heteroatoms. The van der Waals surface area contributed by atoms with Crippen molar-refractivity contribution in [3.63, 3.8) is 0 Å². The van der Waals surface area contributed by atoms with Crippen molar-refractivity contribution in [2.45, 2.75) is 19.4 Å². The third-order valence-corrected chi connectivity index (χ3v) is 1.16. The maximum atomic E-state index is 10.4. The van der Waals surface area contributed by atoms with Gasteiger partial charge in [-0.25, -0.2) is 5.43 Å². The highest BCUT2D eigenvalue weighted by Gasteiger charge is 2.18. The third-order valence-electron chi connectivity index (χ3n) is 1.16. The minimum Gasteiger partial charge on any atom is -0.480 e. The van der Waals surface area contributed by atoms with Crippen LogP contribution in [0, 0.1) is 0 Å². The van der Waals surface area contributed by atoms with Crippen LogP contribution in [0.2, 0.25) is 0 Å². The van der Waals surface area contributed by atoms with Crippen molar-refractivity contribution in [1.82, 2.24) is 10.9 Å². The van der Waals surface area contributed by atoms with Crippen molar-refractivity contribution in [2.75, 3.05) is 6.54 Å². The van der Waals surface area contributed by atoms with E-state index in [1.54, 1.807) is 6.92 Å². The Hall–Kier alpha value is -1.14. The lowest BCUT2D eigenvalue weighted by Crippen LogP contribution is -2.47. The molecule has 6 nitrogen and oxygen atoms in total. The van der Waals surface area contributed by atoms with Crippen molar-refractivity contribution >= 4 is 11.9 Å². The first-order chi connectivity index (χ1) is 5.57. The number of nitrogens with two attached hydrogens (primary N) is 1. The molecule has 0 heterocycles. The highest BCUT2D eigenvalue weighted by molar-refractivity contribution is 5.83. The van der Waals surface area contributed by atoms with Crippen LogP contribution in [-0.4, -0.2) is 29.6 Å². The largest absolute Gasteiger partial charge is 0.480 e. The van der Waals surface area contributed by atoms with E-state index in [9.17, 15) is 9.59 Å². The number of carbonyl (C=O) groups is 2. The predicted molar refractivity (Wildman–Crippen MR) is 42.0 cm³/mol. The fourth-order valence-corrected chi connectivity index (χ4v) is 0.627. The number of hydrazine groups is 1. The first-order valence-electron chi connectivity index (χ1n) is 3.57. The lowest BCUT2D eigenvalue weighted by Gasteiger charge is -2.11. The van der Waals surface area contributed by atoms with Gasteiger partial charge in [0.15, 0.2) is 0 Å². The second kappa shape index (κ2) is 5.50. The van der Waals surface area contributed by atoms with E-state index >= 15 is 0 Å². The van der Waals surface area contributed by atoms with Gasteiger partial charge in [0.2, 0.25) is 5.91 Å². The second-order valence-corrected chi connectivity index (χ2v) is 2.24. The van der Waals surface area contributed by atoms with E-state index in [2.05, 4.69) is 10.9 Å². The molecule has 0 bridgehead atoms. The zero-order valence-corrected chi connectivity index (χ0v) is 6.83. The average Bonchev–Trinajstić information content (AvgIpc) is 1.96. The number of carboxylic acids is 1. The second-order valence-electron chi connectivity index (χ2n) is 2.24. The van der Waals surface area contributed by atoms with Gasteiger partial charge in [-0.15, -0.1) is 0 Å². The summed E-state index contributed by atoms with van der Waals surface area (Å²) < 4.78 is 0. The number of amides is 1. The van der Waals surface area contributed by atoms with Crippen LogP contribution in [-0.2, 0) is 9.59 Å². The molecule has 1 amide bonds. The molecule has 0 aliphatic rings. The summed E-state index contributed by atoms with van der Waals surface area (Å²) in [4.78, 5) is 20.8. The summed E-state index contributed by atoms with van der Waals surface area (Å²) >= 11 is 0. The predicted octanol–water partition coefficient (Wildman–Crippen LogP) is -1.57. The van der Waals surface area contributed by atoms with Crippen molar-refractivity contribution < 1.29 is 14.7 Å². The van der Waals surface area contributed by atoms with Crippen LogP contribution in [0.25, 0.3) is 0 Å². The van der Waals surface area contributed by atoms with Gasteiger partial charge in [0.25, 0.3) is 0 Å².